The van der Waals surface area contributed by atoms with Crippen molar-refractivity contribution in [3.8, 4) is 22.9 Å². The quantitative estimate of drug-likeness (QED) is 0.619. The van der Waals surface area contributed by atoms with Crippen LogP contribution in [-0.2, 0) is 17.8 Å². The van der Waals surface area contributed by atoms with Crippen LogP contribution in [0.2, 0.25) is 0 Å². The van der Waals surface area contributed by atoms with Crippen LogP contribution in [0.1, 0.15) is 11.3 Å². The molecule has 1 unspecified atom stereocenters. The standard InChI is InChI=1S/C21H20N2O5/c1-27-19-9-5-3-7-16(19)20-22-11-10-15(23-20)13-28-18-8-4-2-6-14(18)12-17(24)21(25)26/h2-11,17,24H,12-13H2,1H3,(H,25,26). The smallest absolute Gasteiger partial charge is 0.332 e. The van der Waals surface area contributed by atoms with Crippen LogP contribution >= 0.6 is 0 Å². The lowest BCUT2D eigenvalue weighted by Gasteiger charge is -2.13. The molecule has 1 atom stereocenters. The predicted molar refractivity (Wildman–Crippen MR) is 102 cm³/mol. The van der Waals surface area contributed by atoms with Gasteiger partial charge in [-0.15, -0.1) is 0 Å². The minimum atomic E-state index is -1.49. The van der Waals surface area contributed by atoms with Crippen molar-refractivity contribution < 1.29 is 24.5 Å². The highest BCUT2D eigenvalue weighted by molar-refractivity contribution is 5.72. The molecule has 7 heteroatoms. The van der Waals surface area contributed by atoms with Gasteiger partial charge in [-0.1, -0.05) is 30.3 Å². The number of hydrogen-bond donors (Lipinski definition) is 2. The summed E-state index contributed by atoms with van der Waals surface area (Å²) in [5.74, 6) is 0.425. The monoisotopic (exact) mass is 380 g/mol. The van der Waals surface area contributed by atoms with Crippen molar-refractivity contribution in [1.29, 1.82) is 0 Å². The molecule has 0 radical (unpaired) electrons. The van der Waals surface area contributed by atoms with Gasteiger partial charge in [-0.2, -0.15) is 0 Å². The Morgan fingerprint density at radius 1 is 1.07 bits per heavy atom. The molecule has 0 aliphatic rings. The summed E-state index contributed by atoms with van der Waals surface area (Å²) < 4.78 is 11.2. The number of benzene rings is 2. The molecule has 1 aromatic heterocycles. The molecule has 0 amide bonds. The van der Waals surface area contributed by atoms with Crippen LogP contribution in [0, 0.1) is 0 Å². The lowest BCUT2D eigenvalue weighted by Crippen LogP contribution is -2.22. The number of hydrogen-bond acceptors (Lipinski definition) is 6. The first-order chi connectivity index (χ1) is 13.6. The Morgan fingerprint density at radius 3 is 2.54 bits per heavy atom. The Hall–Kier alpha value is -3.45. The summed E-state index contributed by atoms with van der Waals surface area (Å²) >= 11 is 0. The van der Waals surface area contributed by atoms with Gasteiger partial charge < -0.3 is 19.7 Å². The number of ether oxygens (including phenoxy) is 2. The Bertz CT molecular complexity index is 961. The number of rotatable bonds is 8. The van der Waals surface area contributed by atoms with Gasteiger partial charge in [0.15, 0.2) is 11.9 Å². The van der Waals surface area contributed by atoms with E-state index in [0.29, 0.717) is 28.6 Å². The van der Waals surface area contributed by atoms with E-state index in [0.717, 1.165) is 5.56 Å². The topological polar surface area (TPSA) is 102 Å². The summed E-state index contributed by atoms with van der Waals surface area (Å²) in [4.78, 5) is 19.7. The molecule has 0 bridgehead atoms. The number of aromatic nitrogens is 2. The van der Waals surface area contributed by atoms with Gasteiger partial charge in [0.1, 0.15) is 18.1 Å². The van der Waals surface area contributed by atoms with Gasteiger partial charge in [0.2, 0.25) is 0 Å². The van der Waals surface area contributed by atoms with Gasteiger partial charge in [-0.05, 0) is 29.8 Å². The number of aliphatic carboxylic acids is 1. The number of aliphatic hydroxyl groups is 1. The van der Waals surface area contributed by atoms with E-state index in [1.807, 2.05) is 24.3 Å². The van der Waals surface area contributed by atoms with Crippen LogP contribution in [0.4, 0.5) is 0 Å². The van der Waals surface area contributed by atoms with Gasteiger partial charge in [0.05, 0.1) is 18.4 Å². The third-order valence-corrected chi connectivity index (χ3v) is 4.11. The Labute approximate surface area is 162 Å². The van der Waals surface area contributed by atoms with Crippen molar-refractivity contribution in [3.05, 3.63) is 72.1 Å². The summed E-state index contributed by atoms with van der Waals surface area (Å²) in [6.07, 6.45) is 0.121. The van der Waals surface area contributed by atoms with Gasteiger partial charge >= 0.3 is 5.97 Å². The van der Waals surface area contributed by atoms with Gasteiger partial charge in [0.25, 0.3) is 0 Å². The Kier molecular flexibility index (Phi) is 6.18. The maximum absolute atomic E-state index is 10.9. The summed E-state index contributed by atoms with van der Waals surface area (Å²) in [5.41, 5.74) is 2.04. The molecule has 0 aliphatic heterocycles. The summed E-state index contributed by atoms with van der Waals surface area (Å²) in [5, 5.41) is 18.5. The number of nitrogens with zero attached hydrogens (tertiary/aromatic N) is 2. The lowest BCUT2D eigenvalue weighted by molar-refractivity contribution is -0.146. The number of carboxylic acids is 1. The zero-order chi connectivity index (χ0) is 19.9. The first-order valence-corrected chi connectivity index (χ1v) is 8.65. The highest BCUT2D eigenvalue weighted by Gasteiger charge is 2.16. The molecule has 28 heavy (non-hydrogen) atoms. The Balaban J connectivity index is 1.77. The van der Waals surface area contributed by atoms with Gasteiger partial charge in [-0.25, -0.2) is 14.8 Å². The van der Waals surface area contributed by atoms with E-state index >= 15 is 0 Å². The maximum atomic E-state index is 10.9. The van der Waals surface area contributed by atoms with Crippen LogP contribution in [0.25, 0.3) is 11.4 Å². The number of para-hydroxylation sites is 2. The number of carbonyl (C=O) groups is 1. The molecule has 144 valence electrons. The molecule has 2 N–H and O–H groups in total. The highest BCUT2D eigenvalue weighted by atomic mass is 16.5. The molecule has 7 nitrogen and oxygen atoms in total. The first-order valence-electron chi connectivity index (χ1n) is 8.65. The average Bonchev–Trinajstić information content (AvgIpc) is 2.73. The van der Waals surface area contributed by atoms with Crippen LogP contribution in [-0.4, -0.2) is 39.4 Å². The van der Waals surface area contributed by atoms with Crippen molar-refractivity contribution in [3.63, 3.8) is 0 Å². The fourth-order valence-electron chi connectivity index (χ4n) is 2.70. The largest absolute Gasteiger partial charge is 0.496 e. The van der Waals surface area contributed by atoms with Crippen LogP contribution in [0.15, 0.2) is 60.8 Å². The maximum Gasteiger partial charge on any atom is 0.332 e. The van der Waals surface area contributed by atoms with E-state index in [4.69, 9.17) is 14.6 Å². The van der Waals surface area contributed by atoms with Crippen LogP contribution in [0.3, 0.4) is 0 Å². The third kappa shape index (κ3) is 4.63. The van der Waals surface area contributed by atoms with E-state index in [9.17, 15) is 9.90 Å². The Morgan fingerprint density at radius 2 is 1.79 bits per heavy atom. The van der Waals surface area contributed by atoms with Crippen LogP contribution < -0.4 is 9.47 Å². The summed E-state index contributed by atoms with van der Waals surface area (Å²) in [6.45, 7) is 0.171. The molecular weight excluding hydrogens is 360 g/mol. The lowest BCUT2D eigenvalue weighted by atomic mass is 10.1. The fraction of sp³-hybridized carbons (Fsp3) is 0.190. The SMILES string of the molecule is COc1ccccc1-c1nccc(COc2ccccc2CC(O)C(=O)O)n1. The first kappa shape index (κ1) is 19.3. The van der Waals surface area contributed by atoms with E-state index in [-0.39, 0.29) is 13.0 Å². The zero-order valence-corrected chi connectivity index (χ0v) is 15.3. The van der Waals surface area contributed by atoms with Crippen LogP contribution in [0.5, 0.6) is 11.5 Å². The molecule has 0 spiro atoms. The second-order valence-electron chi connectivity index (χ2n) is 6.03. The molecule has 0 fully saturated rings. The summed E-state index contributed by atoms with van der Waals surface area (Å²) in [7, 11) is 1.59. The minimum Gasteiger partial charge on any atom is -0.496 e. The van der Waals surface area contributed by atoms with E-state index in [2.05, 4.69) is 9.97 Å². The normalized spacial score (nSPS) is 11.6. The van der Waals surface area contributed by atoms with Crippen molar-refractivity contribution in [1.82, 2.24) is 9.97 Å². The van der Waals surface area contributed by atoms with Crippen molar-refractivity contribution in [2.45, 2.75) is 19.1 Å². The van der Waals surface area contributed by atoms with Gasteiger partial charge in [-0.3, -0.25) is 0 Å². The fourth-order valence-corrected chi connectivity index (χ4v) is 2.70. The van der Waals surface area contributed by atoms with Crippen molar-refractivity contribution in [2.75, 3.05) is 7.11 Å². The van der Waals surface area contributed by atoms with E-state index < -0.39 is 12.1 Å². The molecular formula is C21H20N2O5. The minimum absolute atomic E-state index is 0.0399. The van der Waals surface area contributed by atoms with Crippen molar-refractivity contribution in [2.24, 2.45) is 0 Å². The van der Waals surface area contributed by atoms with Gasteiger partial charge in [0, 0.05) is 12.6 Å². The second kappa shape index (κ2) is 8.96. The van der Waals surface area contributed by atoms with E-state index in [1.54, 1.807) is 43.6 Å². The molecule has 0 saturated carbocycles. The highest BCUT2D eigenvalue weighted by Crippen LogP contribution is 2.27. The predicted octanol–water partition coefficient (Wildman–Crippen LogP) is 2.72. The summed E-state index contributed by atoms with van der Waals surface area (Å²) in [6, 6.07) is 16.2. The van der Waals surface area contributed by atoms with Crippen molar-refractivity contribution >= 4 is 5.97 Å². The number of methoxy groups -OCH3 is 1. The second-order valence-corrected chi connectivity index (χ2v) is 6.03. The number of carboxylic acid groups (broad SMARTS) is 1. The third-order valence-electron chi connectivity index (χ3n) is 4.11. The molecule has 0 aliphatic carbocycles. The molecule has 2 aromatic carbocycles. The number of aliphatic hydroxyl groups excluding tert-OH is 1. The van der Waals surface area contributed by atoms with E-state index in [1.165, 1.54) is 0 Å². The average molecular weight is 380 g/mol. The molecule has 1 heterocycles. The zero-order valence-electron chi connectivity index (χ0n) is 15.3. The molecule has 3 aromatic rings. The molecule has 3 rings (SSSR count). The molecule has 0 saturated heterocycles.